The normalized spacial score (nSPS) is 10.7. The summed E-state index contributed by atoms with van der Waals surface area (Å²) in [6.45, 7) is 1.73. The van der Waals surface area contributed by atoms with Crippen molar-refractivity contribution in [1.82, 2.24) is 4.98 Å². The second-order valence-corrected chi connectivity index (χ2v) is 3.69. The first-order chi connectivity index (χ1) is 6.18. The van der Waals surface area contributed by atoms with E-state index in [-0.39, 0.29) is 5.82 Å². The van der Waals surface area contributed by atoms with Crippen molar-refractivity contribution in [3.8, 4) is 0 Å². The number of pyridine rings is 1. The van der Waals surface area contributed by atoms with Crippen LogP contribution in [0.2, 0.25) is 0 Å². The number of fused-ring (bicyclic) bond motifs is 1. The molecule has 1 heterocycles. The van der Waals surface area contributed by atoms with Gasteiger partial charge in [0.05, 0.1) is 5.52 Å². The van der Waals surface area contributed by atoms with E-state index < -0.39 is 0 Å². The van der Waals surface area contributed by atoms with Crippen molar-refractivity contribution in [2.45, 2.75) is 6.92 Å². The zero-order valence-corrected chi connectivity index (χ0v) is 8.60. The standard InChI is InChI=1S/C10H7BrFN/c1-6-8(12)4-2-7-3-5-9(11)13-10(6)7/h2-5H,1H3. The lowest BCUT2D eigenvalue weighted by Crippen LogP contribution is -1.88. The summed E-state index contributed by atoms with van der Waals surface area (Å²) in [7, 11) is 0. The molecule has 13 heavy (non-hydrogen) atoms. The lowest BCUT2D eigenvalue weighted by atomic mass is 10.1. The number of halogens is 2. The SMILES string of the molecule is Cc1c(F)ccc2ccc(Br)nc12. The Morgan fingerprint density at radius 1 is 1.23 bits per heavy atom. The van der Waals surface area contributed by atoms with Crippen LogP contribution in [0, 0.1) is 12.7 Å². The Balaban J connectivity index is 2.89. The minimum atomic E-state index is -0.210. The van der Waals surface area contributed by atoms with E-state index in [4.69, 9.17) is 0 Å². The molecule has 1 aromatic carbocycles. The third kappa shape index (κ3) is 1.44. The number of aromatic nitrogens is 1. The summed E-state index contributed by atoms with van der Waals surface area (Å²) in [6, 6.07) is 6.96. The molecule has 3 heteroatoms. The highest BCUT2D eigenvalue weighted by Crippen LogP contribution is 2.20. The number of hydrogen-bond donors (Lipinski definition) is 0. The predicted octanol–water partition coefficient (Wildman–Crippen LogP) is 3.44. The Kier molecular flexibility index (Phi) is 2.04. The molecule has 1 nitrogen and oxygen atoms in total. The lowest BCUT2D eigenvalue weighted by molar-refractivity contribution is 0.620. The van der Waals surface area contributed by atoms with Gasteiger partial charge in [-0.15, -0.1) is 0 Å². The molecule has 66 valence electrons. The van der Waals surface area contributed by atoms with Crippen LogP contribution in [0.1, 0.15) is 5.56 Å². The van der Waals surface area contributed by atoms with Gasteiger partial charge in [-0.05, 0) is 41.1 Å². The van der Waals surface area contributed by atoms with Crippen LogP contribution in [0.5, 0.6) is 0 Å². The van der Waals surface area contributed by atoms with E-state index in [0.29, 0.717) is 5.56 Å². The molecule has 0 saturated heterocycles. The van der Waals surface area contributed by atoms with Gasteiger partial charge in [-0.25, -0.2) is 9.37 Å². The lowest BCUT2D eigenvalue weighted by Gasteiger charge is -2.02. The van der Waals surface area contributed by atoms with Crippen molar-refractivity contribution in [2.24, 2.45) is 0 Å². The Bertz CT molecular complexity index is 462. The molecule has 0 amide bonds. The maximum Gasteiger partial charge on any atom is 0.128 e. The Morgan fingerprint density at radius 2 is 1.92 bits per heavy atom. The maximum atomic E-state index is 13.1. The van der Waals surface area contributed by atoms with Gasteiger partial charge in [-0.3, -0.25) is 0 Å². The smallest absolute Gasteiger partial charge is 0.128 e. The van der Waals surface area contributed by atoms with Crippen LogP contribution in [0.25, 0.3) is 10.9 Å². The molecule has 0 aliphatic rings. The quantitative estimate of drug-likeness (QED) is 0.642. The summed E-state index contributed by atoms with van der Waals surface area (Å²) < 4.78 is 13.9. The van der Waals surface area contributed by atoms with Crippen molar-refractivity contribution < 1.29 is 4.39 Å². The van der Waals surface area contributed by atoms with E-state index in [1.807, 2.05) is 12.1 Å². The van der Waals surface area contributed by atoms with Gasteiger partial charge in [0.15, 0.2) is 0 Å². The van der Waals surface area contributed by atoms with E-state index in [2.05, 4.69) is 20.9 Å². The summed E-state index contributed by atoms with van der Waals surface area (Å²) >= 11 is 3.26. The zero-order chi connectivity index (χ0) is 9.42. The van der Waals surface area contributed by atoms with Crippen molar-refractivity contribution in [3.05, 3.63) is 40.2 Å². The van der Waals surface area contributed by atoms with E-state index in [9.17, 15) is 4.39 Å². The fraction of sp³-hybridized carbons (Fsp3) is 0.100. The Labute approximate surface area is 83.7 Å². The fourth-order valence-electron chi connectivity index (χ4n) is 1.28. The first-order valence-corrected chi connectivity index (χ1v) is 4.69. The fourth-order valence-corrected chi connectivity index (χ4v) is 1.59. The van der Waals surface area contributed by atoms with E-state index in [1.54, 1.807) is 13.0 Å². The molecule has 0 radical (unpaired) electrons. The van der Waals surface area contributed by atoms with Gasteiger partial charge in [0.1, 0.15) is 10.4 Å². The van der Waals surface area contributed by atoms with Crippen LogP contribution < -0.4 is 0 Å². The van der Waals surface area contributed by atoms with Crippen LogP contribution in [0.15, 0.2) is 28.9 Å². The first-order valence-electron chi connectivity index (χ1n) is 3.90. The Morgan fingerprint density at radius 3 is 2.69 bits per heavy atom. The van der Waals surface area contributed by atoms with E-state index in [0.717, 1.165) is 15.5 Å². The highest BCUT2D eigenvalue weighted by Gasteiger charge is 2.03. The number of nitrogens with zero attached hydrogens (tertiary/aromatic N) is 1. The molecule has 0 bridgehead atoms. The number of benzene rings is 1. The van der Waals surface area contributed by atoms with Crippen molar-refractivity contribution >= 4 is 26.8 Å². The van der Waals surface area contributed by atoms with Gasteiger partial charge in [0, 0.05) is 10.9 Å². The first kappa shape index (κ1) is 8.63. The highest BCUT2D eigenvalue weighted by atomic mass is 79.9. The Hall–Kier alpha value is -0.960. The third-order valence-electron chi connectivity index (χ3n) is 2.02. The van der Waals surface area contributed by atoms with Crippen molar-refractivity contribution in [3.63, 3.8) is 0 Å². The number of hydrogen-bond acceptors (Lipinski definition) is 1. The minimum absolute atomic E-state index is 0.210. The maximum absolute atomic E-state index is 13.1. The van der Waals surface area contributed by atoms with E-state index in [1.165, 1.54) is 6.07 Å². The molecule has 0 unspecified atom stereocenters. The van der Waals surface area contributed by atoms with Crippen LogP contribution in [-0.2, 0) is 0 Å². The van der Waals surface area contributed by atoms with Crippen LogP contribution in [0.3, 0.4) is 0 Å². The van der Waals surface area contributed by atoms with Gasteiger partial charge < -0.3 is 0 Å². The van der Waals surface area contributed by atoms with Crippen molar-refractivity contribution in [1.29, 1.82) is 0 Å². The third-order valence-corrected chi connectivity index (χ3v) is 2.46. The molecule has 0 N–H and O–H groups in total. The van der Waals surface area contributed by atoms with Gasteiger partial charge in [0.25, 0.3) is 0 Å². The topological polar surface area (TPSA) is 12.9 Å². The number of rotatable bonds is 0. The largest absolute Gasteiger partial charge is 0.241 e. The predicted molar refractivity (Wildman–Crippen MR) is 54.1 cm³/mol. The average Bonchev–Trinajstić information content (AvgIpc) is 2.12. The van der Waals surface area contributed by atoms with Gasteiger partial charge in [0.2, 0.25) is 0 Å². The monoisotopic (exact) mass is 239 g/mol. The highest BCUT2D eigenvalue weighted by molar-refractivity contribution is 9.10. The van der Waals surface area contributed by atoms with Gasteiger partial charge in [-0.1, -0.05) is 6.07 Å². The summed E-state index contributed by atoms with van der Waals surface area (Å²) in [5.41, 5.74) is 1.31. The zero-order valence-electron chi connectivity index (χ0n) is 7.01. The molecule has 0 spiro atoms. The van der Waals surface area contributed by atoms with E-state index >= 15 is 0 Å². The molecule has 2 rings (SSSR count). The molecular formula is C10H7BrFN. The molecule has 0 atom stereocenters. The minimum Gasteiger partial charge on any atom is -0.241 e. The molecule has 0 fully saturated rings. The van der Waals surface area contributed by atoms with Gasteiger partial charge in [-0.2, -0.15) is 0 Å². The average molecular weight is 240 g/mol. The molecule has 2 aromatic rings. The van der Waals surface area contributed by atoms with Crippen molar-refractivity contribution in [2.75, 3.05) is 0 Å². The summed E-state index contributed by atoms with van der Waals surface area (Å²) in [4.78, 5) is 4.21. The van der Waals surface area contributed by atoms with Gasteiger partial charge >= 0.3 is 0 Å². The number of aryl methyl sites for hydroxylation is 1. The summed E-state index contributed by atoms with van der Waals surface area (Å²) in [6.07, 6.45) is 0. The second-order valence-electron chi connectivity index (χ2n) is 2.88. The second kappa shape index (κ2) is 3.07. The van der Waals surface area contributed by atoms with Crippen LogP contribution in [-0.4, -0.2) is 4.98 Å². The van der Waals surface area contributed by atoms with Crippen LogP contribution >= 0.6 is 15.9 Å². The summed E-state index contributed by atoms with van der Waals surface area (Å²) in [5.74, 6) is -0.210. The molecule has 1 aromatic heterocycles. The molecule has 0 saturated carbocycles. The molecular weight excluding hydrogens is 233 g/mol. The summed E-state index contributed by atoms with van der Waals surface area (Å²) in [5, 5.41) is 0.960. The molecule has 0 aliphatic carbocycles. The van der Waals surface area contributed by atoms with Crippen LogP contribution in [0.4, 0.5) is 4.39 Å². The molecule has 0 aliphatic heterocycles.